The molecule has 4 heteroatoms. The molecule has 1 aliphatic carbocycles. The molecule has 0 bridgehead atoms. The molecule has 0 aromatic heterocycles. The number of carbonyl (C=O) groups is 1. The van der Waals surface area contributed by atoms with Crippen molar-refractivity contribution in [2.24, 2.45) is 5.92 Å². The summed E-state index contributed by atoms with van der Waals surface area (Å²) in [5.74, 6) is 0.291. The van der Waals surface area contributed by atoms with Gasteiger partial charge in [-0.15, -0.1) is 0 Å². The number of likely N-dealkylation sites (tertiary alicyclic amines) is 1. The molecule has 0 atom stereocenters. The molecule has 1 aliphatic heterocycles. The molecule has 0 radical (unpaired) electrons. The highest BCUT2D eigenvalue weighted by molar-refractivity contribution is 5.78. The van der Waals surface area contributed by atoms with Gasteiger partial charge in [-0.25, -0.2) is 5.48 Å². The minimum absolute atomic E-state index is 0.0719. The molecule has 2 aliphatic rings. The second-order valence-electron chi connectivity index (χ2n) is 4.49. The summed E-state index contributed by atoms with van der Waals surface area (Å²) in [5.41, 5.74) is 2.54. The monoisotopic (exact) mass is 212 g/mol. The summed E-state index contributed by atoms with van der Waals surface area (Å²) in [5, 5.41) is 0. The Hall–Kier alpha value is -0.610. The molecule has 4 nitrogen and oxygen atoms in total. The van der Waals surface area contributed by atoms with Gasteiger partial charge in [0.05, 0.1) is 6.61 Å². The lowest BCUT2D eigenvalue weighted by atomic mass is 9.85. The van der Waals surface area contributed by atoms with Crippen molar-refractivity contribution in [3.63, 3.8) is 0 Å². The predicted molar refractivity (Wildman–Crippen MR) is 57.1 cm³/mol. The maximum absolute atomic E-state index is 11.4. The van der Waals surface area contributed by atoms with Crippen LogP contribution in [0.3, 0.4) is 0 Å². The van der Waals surface area contributed by atoms with E-state index in [0.29, 0.717) is 6.61 Å². The second-order valence-corrected chi connectivity index (χ2v) is 4.49. The number of carbonyl (C=O) groups excluding carboxylic acids is 1. The Kier molecular flexibility index (Phi) is 3.97. The quantitative estimate of drug-likeness (QED) is 0.544. The Morgan fingerprint density at radius 1 is 1.27 bits per heavy atom. The Morgan fingerprint density at radius 2 is 2.00 bits per heavy atom. The van der Waals surface area contributed by atoms with Gasteiger partial charge in [0, 0.05) is 12.5 Å². The number of nitrogens with zero attached hydrogens (tertiary/aromatic N) is 1. The molecule has 0 aromatic rings. The predicted octanol–water partition coefficient (Wildman–Crippen LogP) is 0.930. The zero-order chi connectivity index (χ0) is 10.5. The van der Waals surface area contributed by atoms with E-state index in [0.717, 1.165) is 19.4 Å². The van der Waals surface area contributed by atoms with Crippen LogP contribution in [0.1, 0.15) is 32.1 Å². The smallest absolute Gasteiger partial charge is 0.246 e. The van der Waals surface area contributed by atoms with Crippen molar-refractivity contribution in [2.75, 3.05) is 26.2 Å². The van der Waals surface area contributed by atoms with E-state index >= 15 is 0 Å². The average molecular weight is 212 g/mol. The van der Waals surface area contributed by atoms with Crippen molar-refractivity contribution in [2.45, 2.75) is 32.1 Å². The molecule has 1 saturated heterocycles. The molecular weight excluding hydrogens is 192 g/mol. The van der Waals surface area contributed by atoms with E-state index in [9.17, 15) is 4.79 Å². The van der Waals surface area contributed by atoms with Gasteiger partial charge in [0.1, 0.15) is 0 Å². The van der Waals surface area contributed by atoms with E-state index in [4.69, 9.17) is 4.84 Å². The van der Waals surface area contributed by atoms with Crippen molar-refractivity contribution < 1.29 is 9.63 Å². The van der Waals surface area contributed by atoms with Crippen LogP contribution in [-0.2, 0) is 9.63 Å². The molecule has 0 spiro atoms. The third kappa shape index (κ3) is 3.18. The van der Waals surface area contributed by atoms with Crippen molar-refractivity contribution in [1.82, 2.24) is 10.4 Å². The van der Waals surface area contributed by atoms with E-state index < -0.39 is 0 Å². The standard InChI is InChI=1S/C11H20N2O2/c14-11(10-4-3-5-10)12-15-9-8-13-6-1-2-7-13/h10H,1-9H2,(H,12,14). The van der Waals surface area contributed by atoms with Gasteiger partial charge >= 0.3 is 0 Å². The number of hydrogen-bond acceptors (Lipinski definition) is 3. The van der Waals surface area contributed by atoms with Gasteiger partial charge in [0.2, 0.25) is 5.91 Å². The van der Waals surface area contributed by atoms with Crippen LogP contribution < -0.4 is 5.48 Å². The summed E-state index contributed by atoms with van der Waals surface area (Å²) >= 11 is 0. The van der Waals surface area contributed by atoms with E-state index in [1.165, 1.54) is 32.4 Å². The summed E-state index contributed by atoms with van der Waals surface area (Å²) in [4.78, 5) is 18.9. The lowest BCUT2D eigenvalue weighted by Gasteiger charge is -2.23. The first kappa shape index (κ1) is 10.9. The molecule has 1 saturated carbocycles. The minimum Gasteiger partial charge on any atom is -0.301 e. The number of amides is 1. The normalized spacial score (nSPS) is 22.7. The Labute approximate surface area is 90.9 Å². The summed E-state index contributed by atoms with van der Waals surface area (Å²) in [6.45, 7) is 3.91. The SMILES string of the molecule is O=C(NOCCN1CCCC1)C1CCC1. The van der Waals surface area contributed by atoms with Crippen LogP contribution in [-0.4, -0.2) is 37.0 Å². The van der Waals surface area contributed by atoms with E-state index in [1.807, 2.05) is 0 Å². The third-order valence-electron chi connectivity index (χ3n) is 3.36. The molecular formula is C11H20N2O2. The highest BCUT2D eigenvalue weighted by atomic mass is 16.7. The topological polar surface area (TPSA) is 41.6 Å². The zero-order valence-electron chi connectivity index (χ0n) is 9.21. The molecule has 1 heterocycles. The first-order valence-corrected chi connectivity index (χ1v) is 6.00. The van der Waals surface area contributed by atoms with Gasteiger partial charge in [-0.05, 0) is 38.8 Å². The van der Waals surface area contributed by atoms with E-state index in [1.54, 1.807) is 0 Å². The van der Waals surface area contributed by atoms with Crippen LogP contribution >= 0.6 is 0 Å². The van der Waals surface area contributed by atoms with Gasteiger partial charge in [0.25, 0.3) is 0 Å². The zero-order valence-corrected chi connectivity index (χ0v) is 9.21. The third-order valence-corrected chi connectivity index (χ3v) is 3.36. The molecule has 0 aromatic carbocycles. The van der Waals surface area contributed by atoms with Gasteiger partial charge in [0.15, 0.2) is 0 Å². The van der Waals surface area contributed by atoms with E-state index in [2.05, 4.69) is 10.4 Å². The van der Waals surface area contributed by atoms with Crippen molar-refractivity contribution in [3.05, 3.63) is 0 Å². The van der Waals surface area contributed by atoms with E-state index in [-0.39, 0.29) is 11.8 Å². The maximum Gasteiger partial charge on any atom is 0.246 e. The van der Waals surface area contributed by atoms with Gasteiger partial charge in [-0.3, -0.25) is 9.63 Å². The number of rotatable bonds is 5. The van der Waals surface area contributed by atoms with Crippen LogP contribution in [0.4, 0.5) is 0 Å². The molecule has 15 heavy (non-hydrogen) atoms. The lowest BCUT2D eigenvalue weighted by Crippen LogP contribution is -2.36. The van der Waals surface area contributed by atoms with Crippen LogP contribution in [0, 0.1) is 5.92 Å². The fourth-order valence-corrected chi connectivity index (χ4v) is 2.06. The maximum atomic E-state index is 11.4. The fourth-order valence-electron chi connectivity index (χ4n) is 2.06. The highest BCUT2D eigenvalue weighted by Gasteiger charge is 2.25. The van der Waals surface area contributed by atoms with Crippen molar-refractivity contribution >= 4 is 5.91 Å². The molecule has 86 valence electrons. The van der Waals surface area contributed by atoms with Gasteiger partial charge in [-0.1, -0.05) is 6.42 Å². The number of hydrogen-bond donors (Lipinski definition) is 1. The summed E-state index contributed by atoms with van der Waals surface area (Å²) in [6, 6.07) is 0. The largest absolute Gasteiger partial charge is 0.301 e. The number of nitrogens with one attached hydrogen (secondary N) is 1. The number of hydroxylamine groups is 1. The molecule has 2 rings (SSSR count). The minimum atomic E-state index is 0.0719. The van der Waals surface area contributed by atoms with Crippen LogP contribution in [0.5, 0.6) is 0 Å². The molecule has 0 unspecified atom stereocenters. The van der Waals surface area contributed by atoms with Crippen molar-refractivity contribution in [3.8, 4) is 0 Å². The van der Waals surface area contributed by atoms with Crippen LogP contribution in [0.15, 0.2) is 0 Å². The Balaban J connectivity index is 1.48. The highest BCUT2D eigenvalue weighted by Crippen LogP contribution is 2.25. The second kappa shape index (κ2) is 5.47. The first-order chi connectivity index (χ1) is 7.36. The Bertz CT molecular complexity index is 211. The summed E-state index contributed by atoms with van der Waals surface area (Å²) in [6.07, 6.45) is 5.84. The average Bonchev–Trinajstić information content (AvgIpc) is 2.62. The summed E-state index contributed by atoms with van der Waals surface area (Å²) < 4.78 is 0. The molecule has 2 fully saturated rings. The van der Waals surface area contributed by atoms with Gasteiger partial charge < -0.3 is 4.90 Å². The molecule has 1 amide bonds. The van der Waals surface area contributed by atoms with Crippen molar-refractivity contribution in [1.29, 1.82) is 0 Å². The van der Waals surface area contributed by atoms with Crippen LogP contribution in [0.2, 0.25) is 0 Å². The lowest BCUT2D eigenvalue weighted by molar-refractivity contribution is -0.140. The fraction of sp³-hybridized carbons (Fsp3) is 0.909. The van der Waals surface area contributed by atoms with Crippen LogP contribution in [0.25, 0.3) is 0 Å². The Morgan fingerprint density at radius 3 is 2.60 bits per heavy atom. The molecule has 1 N–H and O–H groups in total. The van der Waals surface area contributed by atoms with Gasteiger partial charge in [-0.2, -0.15) is 0 Å². The summed E-state index contributed by atoms with van der Waals surface area (Å²) in [7, 11) is 0. The first-order valence-electron chi connectivity index (χ1n) is 6.00.